The van der Waals surface area contributed by atoms with Gasteiger partial charge in [0.1, 0.15) is 0 Å². The molecule has 0 unspecified atom stereocenters. The topological polar surface area (TPSA) is 38.7 Å². The molecule has 0 bridgehead atoms. The highest BCUT2D eigenvalue weighted by molar-refractivity contribution is 7.99. The normalized spacial score (nSPS) is 13.2. The van der Waals surface area contributed by atoms with E-state index in [2.05, 4.69) is 194 Å². The molecule has 0 atom stereocenters. The van der Waals surface area contributed by atoms with E-state index in [9.17, 15) is 0 Å². The van der Waals surface area contributed by atoms with Gasteiger partial charge in [0.2, 0.25) is 0 Å². The van der Waals surface area contributed by atoms with Gasteiger partial charge in [-0.25, -0.2) is 15.0 Å². The van der Waals surface area contributed by atoms with Crippen LogP contribution in [0.4, 0.5) is 0 Å². The molecule has 2 aliphatic rings. The lowest BCUT2D eigenvalue weighted by atomic mass is 9.63. The fraction of sp³-hybridized carbons (Fsp3) is 0.0185. The third-order valence-electron chi connectivity index (χ3n) is 11.4. The van der Waals surface area contributed by atoms with E-state index < -0.39 is 5.41 Å². The Morgan fingerprint density at radius 2 is 0.724 bits per heavy atom. The zero-order chi connectivity index (χ0) is 38.5. The summed E-state index contributed by atoms with van der Waals surface area (Å²) >= 11 is 1.85. The lowest BCUT2D eigenvalue weighted by Gasteiger charge is -2.42. The quantitative estimate of drug-likeness (QED) is 0.175. The highest BCUT2D eigenvalue weighted by Gasteiger charge is 2.46. The number of nitrogens with zero attached hydrogens (tertiary/aromatic N) is 3. The average molecular weight is 758 g/mol. The Balaban J connectivity index is 1.17. The van der Waals surface area contributed by atoms with Gasteiger partial charge >= 0.3 is 0 Å². The van der Waals surface area contributed by atoms with E-state index in [1.54, 1.807) is 0 Å². The van der Waals surface area contributed by atoms with Crippen LogP contribution in [0.5, 0.6) is 0 Å². The summed E-state index contributed by atoms with van der Waals surface area (Å²) in [5.74, 6) is 1.88. The van der Waals surface area contributed by atoms with E-state index in [0.717, 1.165) is 44.5 Å². The third-order valence-corrected chi connectivity index (χ3v) is 12.5. The van der Waals surface area contributed by atoms with Crippen molar-refractivity contribution in [1.82, 2.24) is 15.0 Å². The molecule has 58 heavy (non-hydrogen) atoms. The summed E-state index contributed by atoms with van der Waals surface area (Å²) in [4.78, 5) is 18.3. The van der Waals surface area contributed by atoms with Crippen LogP contribution in [0, 0.1) is 0 Å². The van der Waals surface area contributed by atoms with Crippen molar-refractivity contribution in [2.75, 3.05) is 0 Å². The van der Waals surface area contributed by atoms with Gasteiger partial charge in [0, 0.05) is 26.5 Å². The zero-order valence-electron chi connectivity index (χ0n) is 31.5. The van der Waals surface area contributed by atoms with E-state index in [4.69, 9.17) is 15.0 Å². The van der Waals surface area contributed by atoms with Crippen molar-refractivity contribution in [3.05, 3.63) is 234 Å². The van der Waals surface area contributed by atoms with E-state index in [1.165, 1.54) is 37.6 Å². The number of hydrogen-bond acceptors (Lipinski definition) is 4. The first-order valence-electron chi connectivity index (χ1n) is 19.6. The number of rotatable bonds is 5. The lowest BCUT2D eigenvalue weighted by Crippen LogP contribution is -2.35. The van der Waals surface area contributed by atoms with Crippen LogP contribution in [0.15, 0.2) is 210 Å². The minimum atomic E-state index is -0.587. The summed E-state index contributed by atoms with van der Waals surface area (Å²) in [7, 11) is 0. The Morgan fingerprint density at radius 3 is 1.31 bits per heavy atom. The molecular formula is C54H35N3S. The maximum atomic E-state index is 5.36. The number of aromatic nitrogens is 3. The van der Waals surface area contributed by atoms with Crippen LogP contribution in [0.2, 0.25) is 0 Å². The van der Waals surface area contributed by atoms with Crippen molar-refractivity contribution in [1.29, 1.82) is 0 Å². The molecule has 3 nitrogen and oxygen atoms in total. The molecule has 1 aliphatic carbocycles. The Kier molecular flexibility index (Phi) is 8.30. The standard InChI is InChI=1S/C54H35N3S/c1-4-16-36(17-5-1)42-32-43(37-18-6-2-7-19-37)34-44(33-42)53-56-51(40-21-8-3-9-22-40)55-52(57-53)41-31-30-39-29-28-38-20-10-11-23-45(38)54(48(39)35-41)46-24-12-14-26-49(46)58-50-27-15-13-25-47(50)54/h1-35H. The van der Waals surface area contributed by atoms with E-state index in [0.29, 0.717) is 17.5 Å². The Hall–Kier alpha value is -7.14. The Morgan fingerprint density at radius 1 is 0.293 bits per heavy atom. The van der Waals surface area contributed by atoms with Crippen LogP contribution in [-0.2, 0) is 5.41 Å². The molecule has 0 saturated carbocycles. The minimum Gasteiger partial charge on any atom is -0.208 e. The van der Waals surface area contributed by atoms with E-state index >= 15 is 0 Å². The summed E-state index contributed by atoms with van der Waals surface area (Å²) < 4.78 is 0. The minimum absolute atomic E-state index is 0.587. The predicted molar refractivity (Wildman–Crippen MR) is 238 cm³/mol. The van der Waals surface area contributed by atoms with Crippen molar-refractivity contribution in [2.24, 2.45) is 0 Å². The molecule has 11 rings (SSSR count). The van der Waals surface area contributed by atoms with Crippen LogP contribution < -0.4 is 0 Å². The smallest absolute Gasteiger partial charge is 0.164 e. The summed E-state index contributed by atoms with van der Waals surface area (Å²) in [5.41, 5.74) is 14.1. The second-order valence-electron chi connectivity index (χ2n) is 14.8. The summed E-state index contributed by atoms with van der Waals surface area (Å²) in [6.45, 7) is 0. The van der Waals surface area contributed by atoms with Gasteiger partial charge in [-0.2, -0.15) is 0 Å². The molecule has 1 aromatic heterocycles. The second-order valence-corrected chi connectivity index (χ2v) is 15.9. The van der Waals surface area contributed by atoms with Gasteiger partial charge < -0.3 is 0 Å². The number of hydrogen-bond donors (Lipinski definition) is 0. The Bertz CT molecular complexity index is 2930. The van der Waals surface area contributed by atoms with Crippen molar-refractivity contribution >= 4 is 23.9 Å². The van der Waals surface area contributed by atoms with Crippen molar-refractivity contribution in [3.8, 4) is 56.4 Å². The van der Waals surface area contributed by atoms with Crippen LogP contribution >= 0.6 is 11.8 Å². The van der Waals surface area contributed by atoms with Gasteiger partial charge in [0.25, 0.3) is 0 Å². The maximum absolute atomic E-state index is 5.36. The molecule has 9 aromatic rings. The van der Waals surface area contributed by atoms with E-state index in [1.807, 2.05) is 30.0 Å². The predicted octanol–water partition coefficient (Wildman–Crippen LogP) is 13.5. The van der Waals surface area contributed by atoms with Gasteiger partial charge in [-0.1, -0.05) is 188 Å². The zero-order valence-corrected chi connectivity index (χ0v) is 32.3. The molecule has 8 aromatic carbocycles. The average Bonchev–Trinajstić information content (AvgIpc) is 3.44. The van der Waals surface area contributed by atoms with Crippen molar-refractivity contribution in [3.63, 3.8) is 0 Å². The first-order valence-corrected chi connectivity index (χ1v) is 20.4. The van der Waals surface area contributed by atoms with E-state index in [-0.39, 0.29) is 0 Å². The number of benzene rings is 8. The van der Waals surface area contributed by atoms with Gasteiger partial charge in [-0.05, 0) is 92.0 Å². The molecule has 1 spiro atoms. The molecule has 0 fully saturated rings. The van der Waals surface area contributed by atoms with Gasteiger partial charge in [0.15, 0.2) is 17.5 Å². The molecule has 0 radical (unpaired) electrons. The molecule has 0 saturated heterocycles. The fourth-order valence-electron chi connectivity index (χ4n) is 8.75. The molecule has 4 heteroatoms. The van der Waals surface area contributed by atoms with Crippen molar-refractivity contribution in [2.45, 2.75) is 15.2 Å². The summed E-state index contributed by atoms with van der Waals surface area (Å²) in [6, 6.07) is 71.4. The second kappa shape index (κ2) is 14.1. The SMILES string of the molecule is C1=Cc2ccc(-c3nc(-c4ccccc4)nc(-c4cc(-c5ccccc5)cc(-c5ccccc5)c4)n3)cc2C2(c3ccccc31)c1ccccc1Sc1ccccc12. The van der Waals surface area contributed by atoms with Crippen LogP contribution in [-0.4, -0.2) is 15.0 Å². The largest absolute Gasteiger partial charge is 0.208 e. The molecule has 0 amide bonds. The third kappa shape index (κ3) is 5.72. The molecule has 2 heterocycles. The highest BCUT2D eigenvalue weighted by atomic mass is 32.2. The molecule has 272 valence electrons. The first kappa shape index (κ1) is 34.1. The van der Waals surface area contributed by atoms with Crippen LogP contribution in [0.25, 0.3) is 68.6 Å². The lowest BCUT2D eigenvalue weighted by molar-refractivity contribution is 0.701. The van der Waals surface area contributed by atoms with Crippen molar-refractivity contribution < 1.29 is 0 Å². The summed E-state index contributed by atoms with van der Waals surface area (Å²) in [6.07, 6.45) is 4.54. The molecule has 0 N–H and O–H groups in total. The first-order chi connectivity index (χ1) is 28.7. The van der Waals surface area contributed by atoms with Crippen LogP contribution in [0.3, 0.4) is 0 Å². The molecule has 1 aliphatic heterocycles. The van der Waals surface area contributed by atoms with Gasteiger partial charge in [0.05, 0.1) is 5.41 Å². The maximum Gasteiger partial charge on any atom is 0.164 e. The fourth-order valence-corrected chi connectivity index (χ4v) is 9.94. The Labute approximate surface area is 342 Å². The highest BCUT2D eigenvalue weighted by Crippen LogP contribution is 2.58. The van der Waals surface area contributed by atoms with Gasteiger partial charge in [-0.3, -0.25) is 0 Å². The van der Waals surface area contributed by atoms with Crippen LogP contribution in [0.1, 0.15) is 33.4 Å². The molecular weight excluding hydrogens is 723 g/mol. The monoisotopic (exact) mass is 757 g/mol. The van der Waals surface area contributed by atoms with Gasteiger partial charge in [-0.15, -0.1) is 0 Å². The number of fused-ring (bicyclic) bond motifs is 8. The summed E-state index contributed by atoms with van der Waals surface area (Å²) in [5, 5.41) is 0.